The van der Waals surface area contributed by atoms with E-state index in [-0.39, 0.29) is 11.4 Å². The minimum Gasteiger partial charge on any atom is -0.497 e. The average Bonchev–Trinajstić information content (AvgIpc) is 3.05. The second kappa shape index (κ2) is 4.37. The van der Waals surface area contributed by atoms with E-state index in [1.165, 1.54) is 0 Å². The summed E-state index contributed by atoms with van der Waals surface area (Å²) in [7, 11) is 1.61. The van der Waals surface area contributed by atoms with Crippen LogP contribution in [0.2, 0.25) is 0 Å². The Kier molecular flexibility index (Phi) is 3.07. The summed E-state index contributed by atoms with van der Waals surface area (Å²) < 4.78 is 5.10. The van der Waals surface area contributed by atoms with E-state index in [2.05, 4.69) is 5.32 Å². The van der Waals surface area contributed by atoms with Crippen molar-refractivity contribution in [1.82, 2.24) is 5.32 Å². The van der Waals surface area contributed by atoms with Crippen LogP contribution < -0.4 is 15.8 Å². The lowest BCUT2D eigenvalue weighted by Crippen LogP contribution is -2.39. The van der Waals surface area contributed by atoms with Gasteiger partial charge in [-0.3, -0.25) is 4.79 Å². The average molecular weight is 234 g/mol. The molecule has 1 amide bonds. The number of carbonyl (C=O) groups is 1. The third kappa shape index (κ3) is 2.77. The Morgan fingerprint density at radius 2 is 2.24 bits per heavy atom. The molecule has 0 saturated heterocycles. The van der Waals surface area contributed by atoms with Crippen molar-refractivity contribution in [2.75, 3.05) is 13.7 Å². The molecular weight excluding hydrogens is 216 g/mol. The monoisotopic (exact) mass is 234 g/mol. The fraction of sp³-hybridized carbons (Fsp3) is 0.462. The van der Waals surface area contributed by atoms with Crippen LogP contribution in [0.5, 0.6) is 5.75 Å². The van der Waals surface area contributed by atoms with E-state index in [1.54, 1.807) is 19.2 Å². The standard InChI is InChI=1S/C13H18N2O2/c1-9-7-10(17-2)3-4-11(9)12(16)15-8-13(14)5-6-13/h3-4,7H,5-6,8,14H2,1-2H3,(H,15,16). The number of hydrogen-bond acceptors (Lipinski definition) is 3. The summed E-state index contributed by atoms with van der Waals surface area (Å²) in [4.78, 5) is 11.9. The molecule has 1 aliphatic carbocycles. The van der Waals surface area contributed by atoms with Gasteiger partial charge in [0.05, 0.1) is 7.11 Å². The highest BCUT2D eigenvalue weighted by Gasteiger charge is 2.38. The Morgan fingerprint density at radius 1 is 1.53 bits per heavy atom. The van der Waals surface area contributed by atoms with Crippen molar-refractivity contribution < 1.29 is 9.53 Å². The van der Waals surface area contributed by atoms with E-state index in [9.17, 15) is 4.79 Å². The highest BCUT2D eigenvalue weighted by Crippen LogP contribution is 2.31. The van der Waals surface area contributed by atoms with E-state index in [1.807, 2.05) is 13.0 Å². The molecule has 17 heavy (non-hydrogen) atoms. The molecule has 0 bridgehead atoms. The van der Waals surface area contributed by atoms with Crippen LogP contribution in [0.25, 0.3) is 0 Å². The predicted molar refractivity (Wildman–Crippen MR) is 66.2 cm³/mol. The van der Waals surface area contributed by atoms with Crippen LogP contribution in [0.1, 0.15) is 28.8 Å². The van der Waals surface area contributed by atoms with Gasteiger partial charge in [-0.25, -0.2) is 0 Å². The highest BCUT2D eigenvalue weighted by molar-refractivity contribution is 5.95. The summed E-state index contributed by atoms with van der Waals surface area (Å²) in [5.74, 6) is 0.693. The van der Waals surface area contributed by atoms with E-state index in [0.717, 1.165) is 24.2 Å². The van der Waals surface area contributed by atoms with Crippen LogP contribution in [-0.4, -0.2) is 25.1 Å². The Hall–Kier alpha value is -1.55. The summed E-state index contributed by atoms with van der Waals surface area (Å²) in [6.45, 7) is 2.45. The van der Waals surface area contributed by atoms with Gasteiger partial charge in [-0.05, 0) is 43.5 Å². The van der Waals surface area contributed by atoms with Gasteiger partial charge in [-0.15, -0.1) is 0 Å². The van der Waals surface area contributed by atoms with Gasteiger partial charge < -0.3 is 15.8 Å². The Labute approximate surface area is 101 Å². The molecule has 3 N–H and O–H groups in total. The maximum absolute atomic E-state index is 11.9. The second-order valence-corrected chi connectivity index (χ2v) is 4.73. The lowest BCUT2D eigenvalue weighted by atomic mass is 10.1. The number of amides is 1. The Bertz CT molecular complexity index is 439. The Morgan fingerprint density at radius 3 is 2.76 bits per heavy atom. The molecular formula is C13H18N2O2. The number of benzene rings is 1. The molecule has 92 valence electrons. The van der Waals surface area contributed by atoms with Crippen LogP contribution in [0, 0.1) is 6.92 Å². The smallest absolute Gasteiger partial charge is 0.251 e. The summed E-state index contributed by atoms with van der Waals surface area (Å²) in [6.07, 6.45) is 1.99. The highest BCUT2D eigenvalue weighted by atomic mass is 16.5. The quantitative estimate of drug-likeness (QED) is 0.823. The summed E-state index contributed by atoms with van der Waals surface area (Å²) in [5.41, 5.74) is 7.35. The number of nitrogens with one attached hydrogen (secondary N) is 1. The normalized spacial score (nSPS) is 16.4. The van der Waals surface area contributed by atoms with Crippen molar-refractivity contribution in [2.24, 2.45) is 5.73 Å². The molecule has 0 atom stereocenters. The minimum absolute atomic E-state index is 0.0677. The van der Waals surface area contributed by atoms with Crippen molar-refractivity contribution in [2.45, 2.75) is 25.3 Å². The number of ether oxygens (including phenoxy) is 1. The lowest BCUT2D eigenvalue weighted by molar-refractivity contribution is 0.0949. The summed E-state index contributed by atoms with van der Waals surface area (Å²) >= 11 is 0. The Balaban J connectivity index is 2.03. The maximum Gasteiger partial charge on any atom is 0.251 e. The number of rotatable bonds is 4. The molecule has 1 saturated carbocycles. The molecule has 0 spiro atoms. The molecule has 1 aliphatic rings. The number of hydrogen-bond donors (Lipinski definition) is 2. The predicted octanol–water partition coefficient (Wildman–Crippen LogP) is 1.22. The van der Waals surface area contributed by atoms with Crippen LogP contribution >= 0.6 is 0 Å². The van der Waals surface area contributed by atoms with E-state index in [0.29, 0.717) is 12.1 Å². The first-order valence-corrected chi connectivity index (χ1v) is 5.76. The second-order valence-electron chi connectivity index (χ2n) is 4.73. The summed E-state index contributed by atoms with van der Waals surface area (Å²) in [6, 6.07) is 5.42. The van der Waals surface area contributed by atoms with Gasteiger partial charge in [-0.2, -0.15) is 0 Å². The molecule has 0 heterocycles. The van der Waals surface area contributed by atoms with Crippen LogP contribution in [0.4, 0.5) is 0 Å². The first-order valence-electron chi connectivity index (χ1n) is 5.76. The zero-order chi connectivity index (χ0) is 12.5. The molecule has 0 aliphatic heterocycles. The molecule has 1 aromatic rings. The zero-order valence-corrected chi connectivity index (χ0v) is 10.2. The first kappa shape index (κ1) is 11.9. The molecule has 4 nitrogen and oxygen atoms in total. The fourth-order valence-electron chi connectivity index (χ4n) is 1.71. The van der Waals surface area contributed by atoms with E-state index < -0.39 is 0 Å². The van der Waals surface area contributed by atoms with E-state index in [4.69, 9.17) is 10.5 Å². The van der Waals surface area contributed by atoms with Gasteiger partial charge in [0.1, 0.15) is 5.75 Å². The zero-order valence-electron chi connectivity index (χ0n) is 10.2. The van der Waals surface area contributed by atoms with Gasteiger partial charge in [-0.1, -0.05) is 0 Å². The van der Waals surface area contributed by atoms with Crippen LogP contribution in [0.3, 0.4) is 0 Å². The lowest BCUT2D eigenvalue weighted by Gasteiger charge is -2.12. The third-order valence-electron chi connectivity index (χ3n) is 3.17. The molecule has 1 aromatic carbocycles. The molecule has 0 aromatic heterocycles. The van der Waals surface area contributed by atoms with Crippen LogP contribution in [0.15, 0.2) is 18.2 Å². The van der Waals surface area contributed by atoms with Gasteiger partial charge in [0.2, 0.25) is 0 Å². The van der Waals surface area contributed by atoms with Crippen molar-refractivity contribution >= 4 is 5.91 Å². The number of carbonyl (C=O) groups excluding carboxylic acids is 1. The first-order chi connectivity index (χ1) is 8.04. The van der Waals surface area contributed by atoms with Gasteiger partial charge in [0.15, 0.2) is 0 Å². The number of nitrogens with two attached hydrogens (primary N) is 1. The maximum atomic E-state index is 11.9. The fourth-order valence-corrected chi connectivity index (χ4v) is 1.71. The topological polar surface area (TPSA) is 64.3 Å². The van der Waals surface area contributed by atoms with Crippen molar-refractivity contribution in [1.29, 1.82) is 0 Å². The largest absolute Gasteiger partial charge is 0.497 e. The molecule has 1 fully saturated rings. The number of aryl methyl sites for hydroxylation is 1. The van der Waals surface area contributed by atoms with E-state index >= 15 is 0 Å². The van der Waals surface area contributed by atoms with Crippen molar-refractivity contribution in [3.8, 4) is 5.75 Å². The van der Waals surface area contributed by atoms with Crippen LogP contribution in [-0.2, 0) is 0 Å². The third-order valence-corrected chi connectivity index (χ3v) is 3.17. The minimum atomic E-state index is -0.157. The molecule has 4 heteroatoms. The summed E-state index contributed by atoms with van der Waals surface area (Å²) in [5, 5.41) is 2.87. The van der Waals surface area contributed by atoms with Gasteiger partial charge in [0, 0.05) is 17.6 Å². The molecule has 0 radical (unpaired) electrons. The van der Waals surface area contributed by atoms with Gasteiger partial charge in [0.25, 0.3) is 5.91 Å². The van der Waals surface area contributed by atoms with Crippen molar-refractivity contribution in [3.05, 3.63) is 29.3 Å². The van der Waals surface area contributed by atoms with Gasteiger partial charge >= 0.3 is 0 Å². The van der Waals surface area contributed by atoms with Crippen molar-refractivity contribution in [3.63, 3.8) is 0 Å². The number of methoxy groups -OCH3 is 1. The molecule has 2 rings (SSSR count). The molecule has 0 unspecified atom stereocenters. The SMILES string of the molecule is COc1ccc(C(=O)NCC2(N)CC2)c(C)c1.